The number of esters is 1. The predicted molar refractivity (Wildman–Crippen MR) is 303 cm³/mol. The number of carbonyl (C=O) groups is 2. The second kappa shape index (κ2) is 32.6. The van der Waals surface area contributed by atoms with E-state index in [2.05, 4.69) is 116 Å². The molecule has 0 bridgehead atoms. The van der Waals surface area contributed by atoms with Gasteiger partial charge >= 0.3 is 11.9 Å². The van der Waals surface area contributed by atoms with Crippen molar-refractivity contribution in [3.8, 4) is 0 Å². The minimum atomic E-state index is -2.26. The van der Waals surface area contributed by atoms with Gasteiger partial charge in [-0.1, -0.05) is 158 Å². The number of ether oxygens (including phenoxy) is 3. The first-order chi connectivity index (χ1) is 33.5. The Hall–Kier alpha value is -2.63. The molecule has 0 aliphatic rings. The van der Waals surface area contributed by atoms with Crippen molar-refractivity contribution in [2.24, 2.45) is 29.6 Å². The zero-order valence-corrected chi connectivity index (χ0v) is 51.4. The van der Waals surface area contributed by atoms with Crippen molar-refractivity contribution in [1.29, 1.82) is 0 Å². The standard InChI is InChI=1S/C58H104O10Si3/c1-21-50(55(67-70(25-5,26-6)27-7)45(15)39-43(13)40-52(64-20)57(60)61)54(66-69(22-2,23-3)24-4)44(14)38-42(12)34-33-37-51(63-19)53(59)47(17)56(68-71(28-8,29-9)41(10)11)46(16)48(18)65-58(62)49-35-31-30-32-36-49/h30-37,39-41,44-48,50-51,53-56,59H,21-29,38H2,1-20H3,(H,60,61)/b37-33+,42-34+,43-39+,52-40-/t44-,45-,46-,47-,48-,50+,51+,53-,54+,55-,56+/m1/s1. The molecule has 0 amide bonds. The number of hydrogen-bond acceptors (Lipinski definition) is 9. The zero-order valence-electron chi connectivity index (χ0n) is 48.4. The topological polar surface area (TPSA) is 130 Å². The van der Waals surface area contributed by atoms with E-state index in [-0.39, 0.29) is 53.5 Å². The van der Waals surface area contributed by atoms with Crippen LogP contribution in [-0.4, -0.2) is 97.9 Å². The van der Waals surface area contributed by atoms with E-state index in [0.717, 1.165) is 66.8 Å². The lowest BCUT2D eigenvalue weighted by Gasteiger charge is -2.46. The SMILES string of the molecule is CC[C@@H]([C@@H](O[Si](CC)(CC)CC)[C@H](C)C/C(C)=C/C=C/[C@H](OC)[C@H](O)[C@@H](C)[C@@H](O[Si](CC)(CC)C(C)C)[C@H](C)[C@@H](C)OC(=O)c1ccccc1)[C@H](O[Si](CC)(CC)CC)[C@H](C)/C=C(C)/C=C(\OC)C(=O)O. The number of hydrogen-bond donors (Lipinski definition) is 2. The third-order valence-corrected chi connectivity index (χ3v) is 31.0. The van der Waals surface area contributed by atoms with Crippen molar-refractivity contribution in [2.75, 3.05) is 14.2 Å². The van der Waals surface area contributed by atoms with Crippen LogP contribution in [0.3, 0.4) is 0 Å². The molecular weight excluding hydrogens is 941 g/mol. The molecule has 1 rings (SSSR count). The lowest BCUT2D eigenvalue weighted by molar-refractivity contribution is -0.136. The van der Waals surface area contributed by atoms with Crippen LogP contribution < -0.4 is 0 Å². The van der Waals surface area contributed by atoms with Gasteiger partial charge in [0.2, 0.25) is 5.76 Å². The highest BCUT2D eigenvalue weighted by molar-refractivity contribution is 6.75. The Morgan fingerprint density at radius 1 is 0.690 bits per heavy atom. The lowest BCUT2D eigenvalue weighted by Crippen LogP contribution is -2.52. The first-order valence-electron chi connectivity index (χ1n) is 27.5. The van der Waals surface area contributed by atoms with Crippen molar-refractivity contribution in [2.45, 2.75) is 228 Å². The first kappa shape index (κ1) is 66.4. The smallest absolute Gasteiger partial charge is 0.371 e. The predicted octanol–water partition coefficient (Wildman–Crippen LogP) is 15.2. The fraction of sp³-hybridized carbons (Fsp3) is 0.724. The maximum absolute atomic E-state index is 13.2. The highest BCUT2D eigenvalue weighted by Gasteiger charge is 2.46. The highest BCUT2D eigenvalue weighted by Crippen LogP contribution is 2.40. The van der Waals surface area contributed by atoms with Crippen molar-refractivity contribution in [3.05, 3.63) is 83.2 Å². The first-order valence-corrected chi connectivity index (χ1v) is 35.0. The quantitative estimate of drug-likeness (QED) is 0.0220. The Balaban J connectivity index is 3.78. The molecule has 0 aliphatic carbocycles. The maximum Gasteiger partial charge on any atom is 0.371 e. The average molecular weight is 1050 g/mol. The van der Waals surface area contributed by atoms with Gasteiger partial charge in [-0.2, -0.15) is 0 Å². The number of benzene rings is 1. The normalized spacial score (nSPS) is 18.3. The van der Waals surface area contributed by atoms with Crippen LogP contribution in [0.2, 0.25) is 53.9 Å². The molecular formula is C58H104O10Si3. The Bertz CT molecular complexity index is 1790. The molecule has 11 atom stereocenters. The van der Waals surface area contributed by atoms with Crippen LogP contribution in [0.1, 0.15) is 148 Å². The van der Waals surface area contributed by atoms with Gasteiger partial charge in [0.15, 0.2) is 25.0 Å². The summed E-state index contributed by atoms with van der Waals surface area (Å²) in [6.45, 7) is 39.6. The number of carboxylic acid groups (broad SMARTS) is 1. The van der Waals surface area contributed by atoms with Crippen LogP contribution in [-0.2, 0) is 32.3 Å². The molecule has 0 fully saturated rings. The summed E-state index contributed by atoms with van der Waals surface area (Å²) in [4.78, 5) is 25.1. The lowest BCUT2D eigenvalue weighted by atomic mass is 9.79. The summed E-state index contributed by atoms with van der Waals surface area (Å²) in [6, 6.07) is 17.1. The molecule has 408 valence electrons. The van der Waals surface area contributed by atoms with Crippen LogP contribution in [0.25, 0.3) is 0 Å². The van der Waals surface area contributed by atoms with Gasteiger partial charge in [0.05, 0.1) is 37.1 Å². The summed E-state index contributed by atoms with van der Waals surface area (Å²) < 4.78 is 39.9. The fourth-order valence-electron chi connectivity index (χ4n) is 10.8. The fourth-order valence-corrected chi connectivity index (χ4v) is 20.4. The molecule has 0 aliphatic heterocycles. The Morgan fingerprint density at radius 2 is 1.21 bits per heavy atom. The molecule has 0 spiro atoms. The molecule has 71 heavy (non-hydrogen) atoms. The number of rotatable bonds is 36. The summed E-state index contributed by atoms with van der Waals surface area (Å²) in [5, 5.41) is 21.9. The van der Waals surface area contributed by atoms with E-state index in [1.807, 2.05) is 51.1 Å². The number of allylic oxidation sites excluding steroid dienone is 5. The van der Waals surface area contributed by atoms with E-state index >= 15 is 0 Å². The number of aliphatic hydroxyl groups is 1. The van der Waals surface area contributed by atoms with Crippen molar-refractivity contribution >= 4 is 36.9 Å². The maximum atomic E-state index is 13.2. The third-order valence-electron chi connectivity index (χ3n) is 16.5. The highest BCUT2D eigenvalue weighted by atomic mass is 28.4. The molecule has 13 heteroatoms. The van der Waals surface area contributed by atoms with Crippen molar-refractivity contribution in [1.82, 2.24) is 0 Å². The van der Waals surface area contributed by atoms with Gasteiger partial charge in [-0.15, -0.1) is 0 Å². The van der Waals surface area contributed by atoms with Gasteiger partial charge in [-0.3, -0.25) is 0 Å². The molecule has 0 saturated carbocycles. The summed E-state index contributed by atoms with van der Waals surface area (Å²) in [7, 11) is -3.47. The number of carboxylic acids is 1. The molecule has 0 unspecified atom stereocenters. The molecule has 1 aromatic carbocycles. The van der Waals surface area contributed by atoms with Crippen LogP contribution in [0.5, 0.6) is 0 Å². The molecule has 0 aromatic heterocycles. The van der Waals surface area contributed by atoms with Crippen LogP contribution in [0, 0.1) is 29.6 Å². The molecule has 2 N–H and O–H groups in total. The summed E-state index contributed by atoms with van der Waals surface area (Å²) >= 11 is 0. The molecule has 10 nitrogen and oxygen atoms in total. The van der Waals surface area contributed by atoms with Crippen LogP contribution >= 0.6 is 0 Å². The monoisotopic (exact) mass is 1040 g/mol. The number of aliphatic hydroxyl groups excluding tert-OH is 1. The molecule has 0 saturated heterocycles. The zero-order chi connectivity index (χ0) is 54.3. The molecule has 0 heterocycles. The Labute approximate surface area is 437 Å². The second-order valence-corrected chi connectivity index (χ2v) is 35.4. The summed E-state index contributed by atoms with van der Waals surface area (Å²) in [5.41, 5.74) is 2.88. The summed E-state index contributed by atoms with van der Waals surface area (Å²) in [6.07, 6.45) is 8.96. The molecule has 0 radical (unpaired) electrons. The van der Waals surface area contributed by atoms with Gasteiger partial charge in [0.1, 0.15) is 12.2 Å². The second-order valence-electron chi connectivity index (χ2n) is 21.0. The van der Waals surface area contributed by atoms with Gasteiger partial charge in [0, 0.05) is 24.9 Å². The van der Waals surface area contributed by atoms with E-state index < -0.39 is 55.3 Å². The molecule has 1 aromatic rings. The number of aliphatic carboxylic acids is 1. The van der Waals surface area contributed by atoms with Gasteiger partial charge in [-0.05, 0) is 118 Å². The van der Waals surface area contributed by atoms with Gasteiger partial charge in [0.25, 0.3) is 0 Å². The van der Waals surface area contributed by atoms with E-state index in [0.29, 0.717) is 11.1 Å². The van der Waals surface area contributed by atoms with E-state index in [1.165, 1.54) is 12.7 Å². The van der Waals surface area contributed by atoms with E-state index in [1.54, 1.807) is 25.3 Å². The largest absolute Gasteiger partial charge is 0.490 e. The number of methoxy groups -OCH3 is 2. The van der Waals surface area contributed by atoms with Gasteiger partial charge < -0.3 is 37.7 Å². The Morgan fingerprint density at radius 3 is 1.65 bits per heavy atom. The van der Waals surface area contributed by atoms with Gasteiger partial charge in [-0.25, -0.2) is 9.59 Å². The van der Waals surface area contributed by atoms with Crippen molar-refractivity contribution in [3.63, 3.8) is 0 Å². The van der Waals surface area contributed by atoms with Crippen LogP contribution in [0.15, 0.2) is 77.6 Å². The minimum absolute atomic E-state index is 0.0215. The third kappa shape index (κ3) is 19.2. The summed E-state index contributed by atoms with van der Waals surface area (Å²) in [5.74, 6) is -1.91. The van der Waals surface area contributed by atoms with Crippen LogP contribution in [0.4, 0.5) is 0 Å². The number of carbonyl (C=O) groups excluding carboxylic acids is 1. The minimum Gasteiger partial charge on any atom is -0.490 e. The average Bonchev–Trinajstić information content (AvgIpc) is 3.36. The van der Waals surface area contributed by atoms with E-state index in [4.69, 9.17) is 27.5 Å². The Kier molecular flexibility index (Phi) is 30.5. The van der Waals surface area contributed by atoms with Crippen molar-refractivity contribution < 1.29 is 47.3 Å². The van der Waals surface area contributed by atoms with E-state index in [9.17, 15) is 19.8 Å².